The third-order valence-electron chi connectivity index (χ3n) is 9.56. The second kappa shape index (κ2) is 8.39. The van der Waals surface area contributed by atoms with Gasteiger partial charge in [-0.25, -0.2) is 14.6 Å². The van der Waals surface area contributed by atoms with Crippen molar-refractivity contribution in [2.75, 3.05) is 14.1 Å². The van der Waals surface area contributed by atoms with Gasteiger partial charge in [-0.1, -0.05) is 12.8 Å². The number of imide groups is 1. The van der Waals surface area contributed by atoms with Crippen molar-refractivity contribution in [3.05, 3.63) is 36.7 Å². The number of urea groups is 1. The predicted molar refractivity (Wildman–Crippen MR) is 143 cm³/mol. The van der Waals surface area contributed by atoms with Crippen LogP contribution in [0.4, 0.5) is 4.79 Å². The number of halogens is 1. The van der Waals surface area contributed by atoms with Gasteiger partial charge < -0.3 is 4.90 Å². The summed E-state index contributed by atoms with van der Waals surface area (Å²) < 4.78 is 4.08. The predicted octanol–water partition coefficient (Wildman–Crippen LogP) is 3.51. The molecular weight excluding hydrogens is 573 g/mol. The van der Waals surface area contributed by atoms with Crippen LogP contribution in [0.3, 0.4) is 0 Å². The number of carbonyl (C=O) groups is 2. The highest BCUT2D eigenvalue weighted by atomic mass is 127. The number of aromatic nitrogens is 3. The molecule has 2 aromatic heterocycles. The lowest BCUT2D eigenvalue weighted by molar-refractivity contribution is -0.148. The third-order valence-corrected chi connectivity index (χ3v) is 10.5. The molecular formula is C26H32IN5O4. The SMILES string of the molecule is CN1C(=O)N(C)C2(CC3(CCC(n4c(=O)c5c(I)ccnc5n(CC5CCCC5)c4=O)CC3)C2)C1=O. The summed E-state index contributed by atoms with van der Waals surface area (Å²) in [6, 6.07) is 1.43. The van der Waals surface area contributed by atoms with Crippen molar-refractivity contribution in [3.63, 3.8) is 0 Å². The first-order valence-electron chi connectivity index (χ1n) is 13.0. The zero-order valence-electron chi connectivity index (χ0n) is 20.8. The molecule has 4 aliphatic rings. The van der Waals surface area contributed by atoms with E-state index in [9.17, 15) is 19.2 Å². The first-order valence-corrected chi connectivity index (χ1v) is 14.1. The number of pyridine rings is 1. The zero-order chi connectivity index (χ0) is 25.4. The molecule has 1 aliphatic heterocycles. The van der Waals surface area contributed by atoms with Gasteiger partial charge in [0.1, 0.15) is 5.54 Å². The van der Waals surface area contributed by atoms with E-state index in [1.165, 1.54) is 22.3 Å². The molecule has 36 heavy (non-hydrogen) atoms. The average molecular weight is 605 g/mol. The number of rotatable bonds is 3. The van der Waals surface area contributed by atoms with E-state index >= 15 is 0 Å². The van der Waals surface area contributed by atoms with Gasteiger partial charge in [-0.05, 0) is 91.4 Å². The van der Waals surface area contributed by atoms with Crippen LogP contribution in [0.5, 0.6) is 0 Å². The highest BCUT2D eigenvalue weighted by molar-refractivity contribution is 14.1. The lowest BCUT2D eigenvalue weighted by Gasteiger charge is -2.57. The molecule has 0 atom stereocenters. The van der Waals surface area contributed by atoms with Crippen molar-refractivity contribution < 1.29 is 9.59 Å². The maximum Gasteiger partial charge on any atom is 0.332 e. The number of amides is 3. The van der Waals surface area contributed by atoms with Gasteiger partial charge >= 0.3 is 11.7 Å². The molecule has 3 amide bonds. The molecule has 9 nitrogen and oxygen atoms in total. The van der Waals surface area contributed by atoms with Crippen molar-refractivity contribution in [1.82, 2.24) is 23.9 Å². The van der Waals surface area contributed by atoms with Crippen LogP contribution in [0.1, 0.15) is 70.3 Å². The minimum Gasteiger partial charge on any atom is -0.313 e. The summed E-state index contributed by atoms with van der Waals surface area (Å²) in [6.07, 6.45) is 10.7. The molecule has 6 rings (SSSR count). The second-order valence-corrected chi connectivity index (χ2v) is 12.7. The molecule has 1 saturated heterocycles. The summed E-state index contributed by atoms with van der Waals surface area (Å²) in [7, 11) is 3.27. The summed E-state index contributed by atoms with van der Waals surface area (Å²) in [4.78, 5) is 60.0. The van der Waals surface area contributed by atoms with Crippen molar-refractivity contribution in [2.45, 2.75) is 82.3 Å². The van der Waals surface area contributed by atoms with Crippen molar-refractivity contribution in [2.24, 2.45) is 11.3 Å². The summed E-state index contributed by atoms with van der Waals surface area (Å²) in [5.74, 6) is 0.337. The first-order chi connectivity index (χ1) is 17.2. The Morgan fingerprint density at radius 3 is 2.31 bits per heavy atom. The third kappa shape index (κ3) is 3.35. The van der Waals surface area contributed by atoms with E-state index in [1.54, 1.807) is 29.8 Å². The monoisotopic (exact) mass is 605 g/mol. The summed E-state index contributed by atoms with van der Waals surface area (Å²) in [5, 5.41) is 0.540. The van der Waals surface area contributed by atoms with Crippen LogP contribution in [0.15, 0.2) is 21.9 Å². The number of likely N-dealkylation sites (N-methyl/N-ethyl adjacent to an activating group) is 2. The van der Waals surface area contributed by atoms with E-state index in [4.69, 9.17) is 0 Å². The molecule has 0 aromatic carbocycles. The largest absolute Gasteiger partial charge is 0.332 e. The Bertz CT molecular complexity index is 1380. The van der Waals surface area contributed by atoms with Crippen LogP contribution in [-0.2, 0) is 11.3 Å². The van der Waals surface area contributed by atoms with Gasteiger partial charge in [0.15, 0.2) is 5.65 Å². The lowest BCUT2D eigenvalue weighted by atomic mass is 9.51. The lowest BCUT2D eigenvalue weighted by Crippen LogP contribution is -2.63. The molecule has 3 saturated carbocycles. The van der Waals surface area contributed by atoms with Gasteiger partial charge in [-0.3, -0.25) is 23.6 Å². The molecule has 4 fully saturated rings. The van der Waals surface area contributed by atoms with Crippen LogP contribution in [0, 0.1) is 14.9 Å². The van der Waals surface area contributed by atoms with E-state index in [0.29, 0.717) is 36.3 Å². The minimum atomic E-state index is -0.714. The number of nitrogens with zero attached hydrogens (tertiary/aromatic N) is 5. The number of carbonyl (C=O) groups excluding carboxylic acids is 2. The summed E-state index contributed by atoms with van der Waals surface area (Å²) in [6.45, 7) is 0.609. The Morgan fingerprint density at radius 2 is 1.69 bits per heavy atom. The van der Waals surface area contributed by atoms with Gasteiger partial charge in [0.25, 0.3) is 11.5 Å². The van der Waals surface area contributed by atoms with E-state index in [1.807, 2.05) is 6.07 Å². The van der Waals surface area contributed by atoms with Gasteiger partial charge in [0.2, 0.25) is 0 Å². The van der Waals surface area contributed by atoms with Crippen molar-refractivity contribution in [1.29, 1.82) is 0 Å². The summed E-state index contributed by atoms with van der Waals surface area (Å²) >= 11 is 2.17. The topological polar surface area (TPSA) is 97.5 Å². The molecule has 0 bridgehead atoms. The van der Waals surface area contributed by atoms with Crippen LogP contribution >= 0.6 is 22.6 Å². The van der Waals surface area contributed by atoms with E-state index in [2.05, 4.69) is 27.6 Å². The zero-order valence-corrected chi connectivity index (χ0v) is 23.0. The average Bonchev–Trinajstić information content (AvgIpc) is 3.41. The molecule has 10 heteroatoms. The highest BCUT2D eigenvalue weighted by Gasteiger charge is 2.66. The smallest absolute Gasteiger partial charge is 0.313 e. The number of fused-ring (bicyclic) bond motifs is 1. The van der Waals surface area contributed by atoms with Crippen LogP contribution < -0.4 is 11.2 Å². The molecule has 2 spiro atoms. The van der Waals surface area contributed by atoms with Crippen LogP contribution in [0.25, 0.3) is 11.0 Å². The normalized spacial score (nSPS) is 30.8. The van der Waals surface area contributed by atoms with E-state index in [-0.39, 0.29) is 34.6 Å². The Hall–Kier alpha value is -2.24. The van der Waals surface area contributed by atoms with Gasteiger partial charge in [-0.15, -0.1) is 0 Å². The fourth-order valence-corrected chi connectivity index (χ4v) is 8.18. The maximum atomic E-state index is 13.8. The Morgan fingerprint density at radius 1 is 1.03 bits per heavy atom. The molecule has 3 heterocycles. The van der Waals surface area contributed by atoms with E-state index < -0.39 is 5.54 Å². The van der Waals surface area contributed by atoms with Gasteiger partial charge in [0.05, 0.1) is 5.39 Å². The fourth-order valence-electron chi connectivity index (χ4n) is 7.55. The molecule has 3 aliphatic carbocycles. The van der Waals surface area contributed by atoms with E-state index in [0.717, 1.165) is 42.1 Å². The van der Waals surface area contributed by atoms with Crippen LogP contribution in [-0.4, -0.2) is 55.5 Å². The quantitative estimate of drug-likeness (QED) is 0.394. The standard InChI is InChI=1S/C26H32IN5O4/c1-29-22(34)26(30(2)23(29)35)14-25(15-26)10-7-17(8-11-25)32-21(33)19-18(27)9-12-28-20(19)31(24(32)36)13-16-5-3-4-6-16/h9,12,16-17H,3-8,10-11,13-15H2,1-2H3. The van der Waals surface area contributed by atoms with Gasteiger partial charge in [0, 0.05) is 36.4 Å². The molecule has 192 valence electrons. The van der Waals surface area contributed by atoms with Crippen molar-refractivity contribution >= 4 is 45.6 Å². The molecule has 0 unspecified atom stereocenters. The second-order valence-electron chi connectivity index (χ2n) is 11.5. The Balaban J connectivity index is 1.30. The molecule has 0 radical (unpaired) electrons. The Labute approximate surface area is 223 Å². The number of hydrogen-bond donors (Lipinski definition) is 0. The highest BCUT2D eigenvalue weighted by Crippen LogP contribution is 2.61. The molecule has 0 N–H and O–H groups in total. The Kier molecular flexibility index (Phi) is 5.62. The van der Waals surface area contributed by atoms with Crippen LogP contribution in [0.2, 0.25) is 0 Å². The van der Waals surface area contributed by atoms with Gasteiger partial charge in [-0.2, -0.15) is 0 Å². The molecule has 2 aromatic rings. The maximum absolute atomic E-state index is 13.8. The first kappa shape index (κ1) is 24.1. The van der Waals surface area contributed by atoms with Crippen molar-refractivity contribution in [3.8, 4) is 0 Å². The minimum absolute atomic E-state index is 0.00875. The number of hydrogen-bond acceptors (Lipinski definition) is 5. The summed E-state index contributed by atoms with van der Waals surface area (Å²) in [5.41, 5.74) is -0.693. The fraction of sp³-hybridized carbons (Fsp3) is 0.654.